The van der Waals surface area contributed by atoms with E-state index >= 15 is 0 Å². The van der Waals surface area contributed by atoms with Crippen LogP contribution in [-0.4, -0.2) is 103 Å². The fourth-order valence-electron chi connectivity index (χ4n) is 5.27. The van der Waals surface area contributed by atoms with Crippen molar-refractivity contribution in [1.29, 1.82) is 0 Å². The van der Waals surface area contributed by atoms with E-state index in [4.69, 9.17) is 15.2 Å². The van der Waals surface area contributed by atoms with Gasteiger partial charge in [0.25, 0.3) is 11.8 Å². The quantitative estimate of drug-likeness (QED) is 0.270. The number of carbonyl (C=O) groups is 3. The summed E-state index contributed by atoms with van der Waals surface area (Å²) < 4.78 is 12.5. The van der Waals surface area contributed by atoms with Gasteiger partial charge in [0.1, 0.15) is 17.7 Å². The van der Waals surface area contributed by atoms with Gasteiger partial charge in [0.2, 0.25) is 5.82 Å². The molecule has 41 heavy (non-hydrogen) atoms. The van der Waals surface area contributed by atoms with Crippen LogP contribution < -0.4 is 16.4 Å². The zero-order valence-electron chi connectivity index (χ0n) is 22.2. The second kappa shape index (κ2) is 11.1. The summed E-state index contributed by atoms with van der Waals surface area (Å²) in [5.74, 6) is 5.81. The highest BCUT2D eigenvalue weighted by atomic mass is 16.6. The van der Waals surface area contributed by atoms with Gasteiger partial charge in [-0.2, -0.15) is 0 Å². The number of piperidine rings is 1. The number of likely N-dealkylation sites (tertiary alicyclic amines) is 1. The van der Waals surface area contributed by atoms with Gasteiger partial charge in [0.05, 0.1) is 6.33 Å². The van der Waals surface area contributed by atoms with Gasteiger partial charge in [-0.3, -0.25) is 14.2 Å². The molecule has 2 aromatic heterocycles. The molecule has 5 heterocycles. The first kappa shape index (κ1) is 27.2. The molecule has 6 N–H and O–H groups in total. The first-order valence-electron chi connectivity index (χ1n) is 13.8. The molecule has 15 heteroatoms. The highest BCUT2D eigenvalue weighted by Crippen LogP contribution is 2.33. The SMILES string of the molecule is Nc1nc(C#CCC2CCN(C(=O)OC3CCNC3=O)CC2)nc2c1ncn2C1OC(C(=O)NC2CC2)C(O)C1O. The van der Waals surface area contributed by atoms with Gasteiger partial charge in [-0.1, -0.05) is 5.92 Å². The van der Waals surface area contributed by atoms with E-state index in [1.165, 1.54) is 10.9 Å². The first-order valence-corrected chi connectivity index (χ1v) is 13.8. The van der Waals surface area contributed by atoms with Crippen LogP contribution in [0.15, 0.2) is 6.33 Å². The molecule has 2 aromatic rings. The second-order valence-electron chi connectivity index (χ2n) is 10.9. The largest absolute Gasteiger partial charge is 0.436 e. The Morgan fingerprint density at radius 3 is 2.66 bits per heavy atom. The van der Waals surface area contributed by atoms with Crippen LogP contribution in [0, 0.1) is 17.8 Å². The summed E-state index contributed by atoms with van der Waals surface area (Å²) in [6.07, 6.45) is -0.699. The molecule has 218 valence electrons. The Morgan fingerprint density at radius 1 is 1.17 bits per heavy atom. The number of nitrogen functional groups attached to an aromatic ring is 1. The van der Waals surface area contributed by atoms with Crippen LogP contribution >= 0.6 is 0 Å². The summed E-state index contributed by atoms with van der Waals surface area (Å²) in [5.41, 5.74) is 6.64. The van der Waals surface area contributed by atoms with Gasteiger partial charge < -0.3 is 41.0 Å². The van der Waals surface area contributed by atoms with Crippen molar-refractivity contribution in [3.8, 4) is 11.8 Å². The molecular formula is C26H32N8O7. The number of hydrogen-bond acceptors (Lipinski definition) is 11. The summed E-state index contributed by atoms with van der Waals surface area (Å²) in [6.45, 7) is 1.55. The van der Waals surface area contributed by atoms with Crippen LogP contribution in [0.1, 0.15) is 50.6 Å². The Labute approximate surface area is 234 Å². The smallest absolute Gasteiger partial charge is 0.410 e. The molecule has 3 saturated heterocycles. The highest BCUT2D eigenvalue weighted by molar-refractivity contribution is 5.85. The maximum atomic E-state index is 12.5. The lowest BCUT2D eigenvalue weighted by atomic mass is 9.94. The maximum absolute atomic E-state index is 12.5. The predicted octanol–water partition coefficient (Wildman–Crippen LogP) is -1.21. The number of imidazole rings is 1. The van der Waals surface area contributed by atoms with E-state index in [9.17, 15) is 24.6 Å². The number of amides is 3. The molecule has 1 saturated carbocycles. The normalized spacial score (nSPS) is 28.3. The van der Waals surface area contributed by atoms with Crippen molar-refractivity contribution in [3.05, 3.63) is 12.2 Å². The van der Waals surface area contributed by atoms with E-state index in [0.29, 0.717) is 32.5 Å². The molecule has 1 aliphatic carbocycles. The van der Waals surface area contributed by atoms with E-state index in [-0.39, 0.29) is 40.7 Å². The van der Waals surface area contributed by atoms with Crippen LogP contribution in [0.3, 0.4) is 0 Å². The minimum absolute atomic E-state index is 0.0765. The molecule has 4 aliphatic rings. The average molecular weight is 569 g/mol. The zero-order chi connectivity index (χ0) is 28.7. The van der Waals surface area contributed by atoms with Crippen molar-refractivity contribution in [2.75, 3.05) is 25.4 Å². The lowest BCUT2D eigenvalue weighted by Gasteiger charge is -2.31. The molecule has 6 rings (SSSR count). The fourth-order valence-corrected chi connectivity index (χ4v) is 5.27. The molecule has 3 amide bonds. The number of nitrogens with zero attached hydrogens (tertiary/aromatic N) is 5. The Morgan fingerprint density at radius 2 is 1.95 bits per heavy atom. The third-order valence-electron chi connectivity index (χ3n) is 7.85. The van der Waals surface area contributed by atoms with Crippen LogP contribution in [0.2, 0.25) is 0 Å². The van der Waals surface area contributed by atoms with Crippen LogP contribution in [0.25, 0.3) is 11.2 Å². The molecule has 0 bridgehead atoms. The molecule has 0 radical (unpaired) electrons. The number of ether oxygens (including phenoxy) is 2. The summed E-state index contributed by atoms with van der Waals surface area (Å²) in [7, 11) is 0. The Hall–Kier alpha value is -4.00. The van der Waals surface area contributed by atoms with Gasteiger partial charge in [0.15, 0.2) is 29.9 Å². The Kier molecular flexibility index (Phi) is 7.37. The lowest BCUT2D eigenvalue weighted by molar-refractivity contribution is -0.137. The first-order chi connectivity index (χ1) is 19.8. The lowest BCUT2D eigenvalue weighted by Crippen LogP contribution is -2.43. The molecule has 5 unspecified atom stereocenters. The maximum Gasteiger partial charge on any atom is 0.410 e. The van der Waals surface area contributed by atoms with Crippen molar-refractivity contribution in [2.24, 2.45) is 5.92 Å². The van der Waals surface area contributed by atoms with Crippen molar-refractivity contribution >= 4 is 34.9 Å². The standard InChI is InChI=1S/C26H32N8O7/c27-21-17-22(34(12-29-17)25-19(36)18(35)20(41-25)24(38)30-14-4-5-14)32-16(31-21)3-1-2-13-7-10-33(11-8-13)26(39)40-15-6-9-28-23(15)37/h12-15,18-20,25,35-36H,2,4-11H2,(H,28,37)(H,30,38)(H2,27,31,32). The molecule has 15 nitrogen and oxygen atoms in total. The van der Waals surface area contributed by atoms with Crippen LogP contribution in [-0.2, 0) is 19.1 Å². The molecule has 4 fully saturated rings. The number of aliphatic hydroxyl groups is 2. The van der Waals surface area contributed by atoms with E-state index in [2.05, 4.69) is 37.4 Å². The third kappa shape index (κ3) is 5.63. The van der Waals surface area contributed by atoms with E-state index in [1.807, 2.05) is 0 Å². The van der Waals surface area contributed by atoms with E-state index in [0.717, 1.165) is 25.7 Å². The molecular weight excluding hydrogens is 536 g/mol. The number of nitrogens with two attached hydrogens (primary N) is 1. The number of fused-ring (bicyclic) bond motifs is 1. The Bertz CT molecular complexity index is 1410. The van der Waals surface area contributed by atoms with Crippen molar-refractivity contribution in [1.82, 2.24) is 35.1 Å². The number of aromatic nitrogens is 4. The third-order valence-corrected chi connectivity index (χ3v) is 7.85. The summed E-state index contributed by atoms with van der Waals surface area (Å²) in [5, 5.41) is 26.6. The fraction of sp³-hybridized carbons (Fsp3) is 0.615. The number of aliphatic hydroxyl groups excluding tert-OH is 2. The minimum Gasteiger partial charge on any atom is -0.436 e. The molecule has 5 atom stereocenters. The molecule has 0 aromatic carbocycles. The summed E-state index contributed by atoms with van der Waals surface area (Å²) in [4.78, 5) is 51.1. The van der Waals surface area contributed by atoms with Gasteiger partial charge in [0, 0.05) is 38.5 Å². The number of anilines is 1. The van der Waals surface area contributed by atoms with Crippen molar-refractivity contribution < 1.29 is 34.1 Å². The second-order valence-corrected chi connectivity index (χ2v) is 10.9. The van der Waals surface area contributed by atoms with E-state index < -0.39 is 42.6 Å². The number of hydrogen-bond donors (Lipinski definition) is 5. The topological polar surface area (TPSA) is 207 Å². The van der Waals surface area contributed by atoms with Crippen molar-refractivity contribution in [2.45, 2.75) is 75.2 Å². The number of rotatable bonds is 5. The number of carbonyl (C=O) groups excluding carboxylic acids is 3. The monoisotopic (exact) mass is 568 g/mol. The minimum atomic E-state index is -1.43. The van der Waals surface area contributed by atoms with E-state index in [1.54, 1.807) is 4.90 Å². The van der Waals surface area contributed by atoms with Gasteiger partial charge in [-0.25, -0.2) is 19.7 Å². The average Bonchev–Trinajstić information content (AvgIpc) is 3.39. The van der Waals surface area contributed by atoms with Gasteiger partial charge in [-0.05, 0) is 37.5 Å². The predicted molar refractivity (Wildman–Crippen MR) is 141 cm³/mol. The zero-order valence-corrected chi connectivity index (χ0v) is 22.2. The number of nitrogens with one attached hydrogen (secondary N) is 2. The van der Waals surface area contributed by atoms with Crippen LogP contribution in [0.4, 0.5) is 10.6 Å². The summed E-state index contributed by atoms with van der Waals surface area (Å²) >= 11 is 0. The van der Waals surface area contributed by atoms with Crippen molar-refractivity contribution in [3.63, 3.8) is 0 Å². The van der Waals surface area contributed by atoms with Gasteiger partial charge in [-0.15, -0.1) is 0 Å². The molecule has 0 spiro atoms. The van der Waals surface area contributed by atoms with Crippen LogP contribution in [0.5, 0.6) is 0 Å². The van der Waals surface area contributed by atoms with Gasteiger partial charge >= 0.3 is 6.09 Å². The Balaban J connectivity index is 1.08. The summed E-state index contributed by atoms with van der Waals surface area (Å²) in [6, 6.07) is 0.0765. The highest BCUT2D eigenvalue weighted by Gasteiger charge is 2.48. The molecule has 3 aliphatic heterocycles.